The number of carbonyl (C=O) groups excluding carboxylic acids is 2. The summed E-state index contributed by atoms with van der Waals surface area (Å²) in [5.74, 6) is -0.500. The Bertz CT molecular complexity index is 1010. The van der Waals surface area contributed by atoms with Gasteiger partial charge in [-0.15, -0.1) is 0 Å². The lowest BCUT2D eigenvalue weighted by atomic mass is 10.1. The smallest absolute Gasteiger partial charge is 0.254 e. The lowest BCUT2D eigenvalue weighted by Gasteiger charge is -2.22. The van der Waals surface area contributed by atoms with Gasteiger partial charge in [0.05, 0.1) is 17.4 Å². The highest BCUT2D eigenvalue weighted by Crippen LogP contribution is 2.24. The van der Waals surface area contributed by atoms with E-state index in [2.05, 4.69) is 5.10 Å². The highest BCUT2D eigenvalue weighted by Gasteiger charge is 2.33. The molecule has 1 fully saturated rings. The van der Waals surface area contributed by atoms with Gasteiger partial charge in [0, 0.05) is 17.5 Å². The van der Waals surface area contributed by atoms with Crippen LogP contribution in [0.5, 0.6) is 5.75 Å². The molecule has 2 amide bonds. The maximum absolute atomic E-state index is 12.8. The summed E-state index contributed by atoms with van der Waals surface area (Å²) < 4.78 is 1.71. The normalized spacial score (nSPS) is 16.9. The zero-order chi connectivity index (χ0) is 18.3. The summed E-state index contributed by atoms with van der Waals surface area (Å²) in [6.45, 7) is 0.528. The Balaban J connectivity index is 1.70. The maximum atomic E-state index is 12.8. The minimum absolute atomic E-state index is 0.174. The van der Waals surface area contributed by atoms with Crippen molar-refractivity contribution in [1.29, 1.82) is 0 Å². The summed E-state index contributed by atoms with van der Waals surface area (Å²) in [7, 11) is 0. The van der Waals surface area contributed by atoms with Crippen LogP contribution in [-0.4, -0.2) is 44.2 Å². The van der Waals surface area contributed by atoms with Crippen molar-refractivity contribution in [3.05, 3.63) is 54.2 Å². The van der Waals surface area contributed by atoms with E-state index in [9.17, 15) is 14.7 Å². The monoisotopic (exact) mass is 350 g/mol. The summed E-state index contributed by atoms with van der Waals surface area (Å²) in [4.78, 5) is 26.0. The van der Waals surface area contributed by atoms with E-state index in [4.69, 9.17) is 5.73 Å². The van der Waals surface area contributed by atoms with E-state index in [0.29, 0.717) is 18.5 Å². The third-order valence-electron chi connectivity index (χ3n) is 4.73. The van der Waals surface area contributed by atoms with Crippen LogP contribution in [0.4, 0.5) is 0 Å². The van der Waals surface area contributed by atoms with Crippen molar-refractivity contribution in [3.8, 4) is 11.4 Å². The minimum atomic E-state index is -0.542. The van der Waals surface area contributed by atoms with Crippen molar-refractivity contribution < 1.29 is 14.7 Å². The average molecular weight is 350 g/mol. The Kier molecular flexibility index (Phi) is 3.84. The van der Waals surface area contributed by atoms with Gasteiger partial charge in [-0.1, -0.05) is 6.07 Å². The highest BCUT2D eigenvalue weighted by molar-refractivity contribution is 5.98. The zero-order valence-electron chi connectivity index (χ0n) is 14.0. The molecule has 26 heavy (non-hydrogen) atoms. The van der Waals surface area contributed by atoms with Crippen LogP contribution in [0.2, 0.25) is 0 Å². The number of nitrogens with zero attached hydrogens (tertiary/aromatic N) is 3. The van der Waals surface area contributed by atoms with Crippen molar-refractivity contribution >= 4 is 22.7 Å². The highest BCUT2D eigenvalue weighted by atomic mass is 16.3. The third kappa shape index (κ3) is 2.67. The second kappa shape index (κ2) is 6.18. The summed E-state index contributed by atoms with van der Waals surface area (Å²) in [5, 5.41) is 14.7. The molecule has 3 aromatic rings. The topological polar surface area (TPSA) is 101 Å². The van der Waals surface area contributed by atoms with Gasteiger partial charge < -0.3 is 15.7 Å². The third-order valence-corrected chi connectivity index (χ3v) is 4.73. The molecule has 1 atom stereocenters. The van der Waals surface area contributed by atoms with Gasteiger partial charge in [-0.2, -0.15) is 5.10 Å². The maximum Gasteiger partial charge on any atom is 0.254 e. The summed E-state index contributed by atoms with van der Waals surface area (Å²) in [6, 6.07) is 11.6. The number of nitrogens with two attached hydrogens (primary N) is 1. The number of primary amides is 1. The van der Waals surface area contributed by atoms with Gasteiger partial charge in [0.15, 0.2) is 0 Å². The lowest BCUT2D eigenvalue weighted by Crippen LogP contribution is -2.43. The zero-order valence-corrected chi connectivity index (χ0v) is 14.0. The van der Waals surface area contributed by atoms with Crippen molar-refractivity contribution in [2.45, 2.75) is 18.9 Å². The van der Waals surface area contributed by atoms with Gasteiger partial charge in [-0.05, 0) is 49.2 Å². The van der Waals surface area contributed by atoms with Gasteiger partial charge in [-0.3, -0.25) is 9.59 Å². The molecule has 1 aliphatic rings. The fourth-order valence-corrected chi connectivity index (χ4v) is 3.47. The Labute approximate surface area is 149 Å². The first-order chi connectivity index (χ1) is 12.5. The SMILES string of the molecule is NC(=O)[C@H]1CCCN1C(=O)c1cccc(-n2ncc3cc(O)ccc32)c1. The molecule has 132 valence electrons. The van der Waals surface area contributed by atoms with Gasteiger partial charge >= 0.3 is 0 Å². The van der Waals surface area contributed by atoms with Crippen LogP contribution in [-0.2, 0) is 4.79 Å². The molecule has 0 saturated carbocycles. The van der Waals surface area contributed by atoms with E-state index in [-0.39, 0.29) is 11.7 Å². The molecule has 0 spiro atoms. The number of carbonyl (C=O) groups is 2. The molecule has 0 bridgehead atoms. The molecular formula is C19H18N4O3. The quantitative estimate of drug-likeness (QED) is 0.752. The van der Waals surface area contributed by atoms with E-state index >= 15 is 0 Å². The molecule has 7 nitrogen and oxygen atoms in total. The molecule has 4 rings (SSSR count). The van der Waals surface area contributed by atoms with Crippen LogP contribution < -0.4 is 5.73 Å². The van der Waals surface area contributed by atoms with Crippen molar-refractivity contribution in [2.75, 3.05) is 6.54 Å². The number of rotatable bonds is 3. The Morgan fingerprint density at radius 2 is 2.04 bits per heavy atom. The fourth-order valence-electron chi connectivity index (χ4n) is 3.47. The number of likely N-dealkylation sites (tertiary alicyclic amines) is 1. The first-order valence-electron chi connectivity index (χ1n) is 8.42. The van der Waals surface area contributed by atoms with Crippen LogP contribution in [0.1, 0.15) is 23.2 Å². The van der Waals surface area contributed by atoms with Crippen LogP contribution in [0.25, 0.3) is 16.6 Å². The molecule has 3 N–H and O–H groups in total. The van der Waals surface area contributed by atoms with E-state index in [1.165, 1.54) is 0 Å². The molecule has 0 aliphatic carbocycles. The molecule has 1 aromatic heterocycles. The number of hydrogen-bond donors (Lipinski definition) is 2. The molecule has 2 heterocycles. The molecule has 0 unspecified atom stereocenters. The predicted molar refractivity (Wildman–Crippen MR) is 96.0 cm³/mol. The van der Waals surface area contributed by atoms with E-state index in [0.717, 1.165) is 23.0 Å². The molecule has 2 aromatic carbocycles. The van der Waals surface area contributed by atoms with Gasteiger partial charge in [0.25, 0.3) is 5.91 Å². The van der Waals surface area contributed by atoms with Gasteiger partial charge in [0.1, 0.15) is 11.8 Å². The van der Waals surface area contributed by atoms with Crippen LogP contribution in [0.3, 0.4) is 0 Å². The second-order valence-electron chi connectivity index (χ2n) is 6.41. The second-order valence-corrected chi connectivity index (χ2v) is 6.41. The van der Waals surface area contributed by atoms with E-state index < -0.39 is 11.9 Å². The summed E-state index contributed by atoms with van der Waals surface area (Å²) in [5.41, 5.74) is 7.45. The van der Waals surface area contributed by atoms with Crippen molar-refractivity contribution in [3.63, 3.8) is 0 Å². The first kappa shape index (κ1) is 16.1. The largest absolute Gasteiger partial charge is 0.508 e. The Morgan fingerprint density at radius 3 is 2.85 bits per heavy atom. The van der Waals surface area contributed by atoms with Crippen molar-refractivity contribution in [1.82, 2.24) is 14.7 Å². The minimum Gasteiger partial charge on any atom is -0.508 e. The van der Waals surface area contributed by atoms with Gasteiger partial charge in [-0.25, -0.2) is 4.68 Å². The Hall–Kier alpha value is -3.35. The van der Waals surface area contributed by atoms with Gasteiger partial charge in [0.2, 0.25) is 5.91 Å². The lowest BCUT2D eigenvalue weighted by molar-refractivity contribution is -0.121. The molecule has 7 heteroatoms. The number of fused-ring (bicyclic) bond motifs is 1. The van der Waals surface area contributed by atoms with Crippen LogP contribution in [0.15, 0.2) is 48.7 Å². The van der Waals surface area contributed by atoms with E-state index in [1.54, 1.807) is 52.2 Å². The predicted octanol–water partition coefficient (Wildman–Crippen LogP) is 1.82. The number of phenolic OH excluding ortho intramolecular Hbond substituents is 1. The summed E-state index contributed by atoms with van der Waals surface area (Å²) >= 11 is 0. The average Bonchev–Trinajstić information content (AvgIpc) is 3.28. The number of hydrogen-bond acceptors (Lipinski definition) is 4. The molecular weight excluding hydrogens is 332 g/mol. The van der Waals surface area contributed by atoms with Crippen LogP contribution in [0, 0.1) is 0 Å². The van der Waals surface area contributed by atoms with Crippen molar-refractivity contribution in [2.24, 2.45) is 5.73 Å². The fraction of sp³-hybridized carbons (Fsp3) is 0.211. The number of phenols is 1. The van der Waals surface area contributed by atoms with Crippen LogP contribution >= 0.6 is 0 Å². The Morgan fingerprint density at radius 1 is 1.19 bits per heavy atom. The number of aromatic hydroxyl groups is 1. The standard InChI is InChI=1S/C19H18N4O3/c20-18(25)17-5-2-8-22(17)19(26)12-3-1-4-14(9-12)23-16-7-6-15(24)10-13(16)11-21-23/h1,3-4,6-7,9-11,17,24H,2,5,8H2,(H2,20,25)/t17-/m1/s1. The molecule has 0 radical (unpaired) electrons. The number of aromatic nitrogens is 2. The number of benzene rings is 2. The molecule has 1 saturated heterocycles. The first-order valence-corrected chi connectivity index (χ1v) is 8.42. The summed E-state index contributed by atoms with van der Waals surface area (Å²) in [6.07, 6.45) is 3.04. The van der Waals surface area contributed by atoms with E-state index in [1.807, 2.05) is 6.07 Å². The molecule has 1 aliphatic heterocycles. The number of amides is 2.